The summed E-state index contributed by atoms with van der Waals surface area (Å²) >= 11 is 0.862. The fourth-order valence-corrected chi connectivity index (χ4v) is 3.37. The Morgan fingerprint density at radius 3 is 2.48 bits per heavy atom. The summed E-state index contributed by atoms with van der Waals surface area (Å²) in [5, 5.41) is 11.6. The molecule has 0 bridgehead atoms. The van der Waals surface area contributed by atoms with Gasteiger partial charge in [-0.05, 0) is 25.7 Å². The Morgan fingerprint density at radius 1 is 1.43 bits per heavy atom. The lowest BCUT2D eigenvalue weighted by molar-refractivity contribution is -0.151. The van der Waals surface area contributed by atoms with Crippen LogP contribution in [0.25, 0.3) is 0 Å². The van der Waals surface area contributed by atoms with Gasteiger partial charge in [-0.3, -0.25) is 4.79 Å². The highest BCUT2D eigenvalue weighted by Crippen LogP contribution is 2.53. The maximum absolute atomic E-state index is 13.0. The van der Waals surface area contributed by atoms with Crippen LogP contribution in [0.5, 0.6) is 0 Å². The van der Waals surface area contributed by atoms with Crippen LogP contribution in [0.15, 0.2) is 0 Å². The van der Waals surface area contributed by atoms with Gasteiger partial charge in [0.1, 0.15) is 22.2 Å². The van der Waals surface area contributed by atoms with E-state index in [-0.39, 0.29) is 45.7 Å². The van der Waals surface area contributed by atoms with E-state index in [9.17, 15) is 18.0 Å². The summed E-state index contributed by atoms with van der Waals surface area (Å²) in [6.45, 7) is 0. The van der Waals surface area contributed by atoms with Crippen molar-refractivity contribution in [2.24, 2.45) is 5.92 Å². The molecule has 3 N–H and O–H groups in total. The van der Waals surface area contributed by atoms with Gasteiger partial charge in [-0.15, -0.1) is 11.3 Å². The molecule has 1 heterocycles. The van der Waals surface area contributed by atoms with Crippen molar-refractivity contribution in [1.29, 1.82) is 5.26 Å². The van der Waals surface area contributed by atoms with Crippen LogP contribution in [0, 0.1) is 17.2 Å². The number of rotatable bonds is 4. The van der Waals surface area contributed by atoms with E-state index in [0.717, 1.165) is 24.2 Å². The molecule has 0 amide bonds. The van der Waals surface area contributed by atoms with E-state index in [1.54, 1.807) is 6.07 Å². The summed E-state index contributed by atoms with van der Waals surface area (Å²) in [6, 6.07) is 1.80. The van der Waals surface area contributed by atoms with Crippen molar-refractivity contribution in [3.63, 3.8) is 0 Å². The number of nitrogen functional groups attached to an aromatic ring is 1. The molecule has 8 heteroatoms. The van der Waals surface area contributed by atoms with Crippen LogP contribution in [-0.2, 0) is 0 Å². The molecule has 21 heavy (non-hydrogen) atoms. The highest BCUT2D eigenvalue weighted by atomic mass is 32.1. The lowest BCUT2D eigenvalue weighted by atomic mass is 10.1. The van der Waals surface area contributed by atoms with Crippen LogP contribution >= 0.6 is 11.3 Å². The van der Waals surface area contributed by atoms with Crippen LogP contribution in [0.4, 0.5) is 23.9 Å². The van der Waals surface area contributed by atoms with E-state index in [1.807, 2.05) is 0 Å². The zero-order valence-electron chi connectivity index (χ0n) is 10.9. The number of halogens is 3. The van der Waals surface area contributed by atoms with Gasteiger partial charge in [0, 0.05) is 5.92 Å². The molecule has 0 spiro atoms. The summed E-state index contributed by atoms with van der Waals surface area (Å²) in [5.41, 5.74) is 3.74. The molecule has 0 unspecified atom stereocenters. The minimum absolute atomic E-state index is 0.000116. The Morgan fingerprint density at radius 2 is 2.05 bits per heavy atom. The molecule has 0 saturated heterocycles. The third kappa shape index (κ3) is 2.25. The maximum Gasteiger partial charge on any atom is 0.411 e. The minimum atomic E-state index is -4.39. The van der Waals surface area contributed by atoms with Gasteiger partial charge < -0.3 is 11.1 Å². The molecule has 1 aromatic rings. The zero-order valence-corrected chi connectivity index (χ0v) is 11.7. The average Bonchev–Trinajstić information content (AvgIpc) is 3.26. The second-order valence-electron chi connectivity index (χ2n) is 5.50. The van der Waals surface area contributed by atoms with E-state index >= 15 is 0 Å². The van der Waals surface area contributed by atoms with Crippen LogP contribution in [0.2, 0.25) is 0 Å². The van der Waals surface area contributed by atoms with Gasteiger partial charge in [0.25, 0.3) is 0 Å². The number of anilines is 2. The van der Waals surface area contributed by atoms with Gasteiger partial charge in [0.05, 0.1) is 10.6 Å². The van der Waals surface area contributed by atoms with Crippen molar-refractivity contribution in [1.82, 2.24) is 0 Å². The van der Waals surface area contributed by atoms with E-state index in [0.29, 0.717) is 0 Å². The van der Waals surface area contributed by atoms with Gasteiger partial charge in [-0.25, -0.2) is 0 Å². The predicted molar refractivity (Wildman–Crippen MR) is 72.1 cm³/mol. The largest absolute Gasteiger partial charge is 0.411 e. The number of carbonyl (C=O) groups is 1. The zero-order chi connectivity index (χ0) is 15.4. The second kappa shape index (κ2) is 4.37. The number of carbonyl (C=O) groups excluding carboxylic acids is 1. The molecule has 3 rings (SSSR count). The highest BCUT2D eigenvalue weighted by molar-refractivity contribution is 7.19. The second-order valence-corrected chi connectivity index (χ2v) is 6.52. The number of nitrogens with one attached hydrogen (secondary N) is 1. The number of Topliss-reactive ketones (excluding diaryl/α,β-unsaturated/α-hetero) is 1. The Kier molecular flexibility index (Phi) is 2.95. The summed E-state index contributed by atoms with van der Waals surface area (Å²) < 4.78 is 38.9. The predicted octanol–water partition coefficient (Wildman–Crippen LogP) is 3.30. The molecule has 4 nitrogen and oxygen atoms in total. The number of alkyl halides is 3. The van der Waals surface area contributed by atoms with Crippen LogP contribution in [0.1, 0.15) is 40.9 Å². The average molecular weight is 315 g/mol. The van der Waals surface area contributed by atoms with E-state index in [1.165, 1.54) is 0 Å². The maximum atomic E-state index is 13.0. The van der Waals surface area contributed by atoms with E-state index in [4.69, 9.17) is 11.0 Å². The van der Waals surface area contributed by atoms with Crippen molar-refractivity contribution >= 4 is 27.8 Å². The number of ketones is 1. The van der Waals surface area contributed by atoms with Crippen LogP contribution < -0.4 is 11.1 Å². The molecule has 0 aliphatic heterocycles. The highest BCUT2D eigenvalue weighted by Gasteiger charge is 2.64. The lowest BCUT2D eigenvalue weighted by Crippen LogP contribution is -2.38. The number of nitriles is 1. The summed E-state index contributed by atoms with van der Waals surface area (Å²) in [7, 11) is 0. The summed E-state index contributed by atoms with van der Waals surface area (Å²) in [5.74, 6) is -0.262. The van der Waals surface area contributed by atoms with Crippen molar-refractivity contribution in [2.45, 2.75) is 37.4 Å². The summed E-state index contributed by atoms with van der Waals surface area (Å²) in [4.78, 5) is 12.3. The minimum Gasteiger partial charge on any atom is -0.396 e. The molecule has 1 aromatic heterocycles. The molecule has 0 aromatic carbocycles. The quantitative estimate of drug-likeness (QED) is 0.836. The topological polar surface area (TPSA) is 78.9 Å². The first-order valence-electron chi connectivity index (χ1n) is 6.50. The normalized spacial score (nSPS) is 19.9. The van der Waals surface area contributed by atoms with E-state index < -0.39 is 11.7 Å². The van der Waals surface area contributed by atoms with Crippen molar-refractivity contribution < 1.29 is 18.0 Å². The molecular weight excluding hydrogens is 303 g/mol. The fourth-order valence-electron chi connectivity index (χ4n) is 2.18. The molecule has 112 valence electrons. The molecule has 0 radical (unpaired) electrons. The lowest BCUT2D eigenvalue weighted by Gasteiger charge is -2.20. The van der Waals surface area contributed by atoms with Gasteiger partial charge >= 0.3 is 6.18 Å². The molecule has 0 atom stereocenters. The van der Waals surface area contributed by atoms with E-state index in [2.05, 4.69) is 5.32 Å². The Hall–Kier alpha value is -1.75. The van der Waals surface area contributed by atoms with Crippen LogP contribution in [-0.4, -0.2) is 17.5 Å². The van der Waals surface area contributed by atoms with Crippen LogP contribution in [0.3, 0.4) is 0 Å². The summed E-state index contributed by atoms with van der Waals surface area (Å²) in [6.07, 6.45) is -2.92. The van der Waals surface area contributed by atoms with Gasteiger partial charge in [0.2, 0.25) is 0 Å². The van der Waals surface area contributed by atoms with Crippen molar-refractivity contribution in [2.75, 3.05) is 11.1 Å². The smallest absolute Gasteiger partial charge is 0.396 e. The first-order valence-corrected chi connectivity index (χ1v) is 7.32. The Bertz CT molecular complexity index is 651. The third-order valence-corrected chi connectivity index (χ3v) is 5.01. The molecule has 2 aliphatic rings. The monoisotopic (exact) mass is 315 g/mol. The number of thiophene rings is 1. The molecule has 2 aliphatic carbocycles. The van der Waals surface area contributed by atoms with Crippen molar-refractivity contribution in [3.05, 3.63) is 10.4 Å². The number of nitrogens with zero attached hydrogens (tertiary/aromatic N) is 1. The van der Waals surface area contributed by atoms with Gasteiger partial charge in [-0.2, -0.15) is 18.4 Å². The Balaban J connectivity index is 1.94. The SMILES string of the molecule is N#Cc1c(NC2(C(F)(F)F)CC2)sc(C(=O)C2CC2)c1N. The van der Waals surface area contributed by atoms with Crippen molar-refractivity contribution in [3.8, 4) is 6.07 Å². The third-order valence-electron chi connectivity index (χ3n) is 3.87. The van der Waals surface area contributed by atoms with Gasteiger partial charge in [-0.1, -0.05) is 0 Å². The number of hydrogen-bond donors (Lipinski definition) is 2. The first kappa shape index (κ1) is 14.2. The molecule has 2 fully saturated rings. The number of nitrogens with two attached hydrogens (primary N) is 1. The van der Waals surface area contributed by atoms with Gasteiger partial charge in [0.15, 0.2) is 5.78 Å². The molecular formula is C13H12F3N3OS. The number of hydrogen-bond acceptors (Lipinski definition) is 5. The fraction of sp³-hybridized carbons (Fsp3) is 0.538. The Labute approximate surface area is 122 Å². The molecule has 2 saturated carbocycles. The standard InChI is InChI=1S/C13H12F3N3OS/c14-13(15,16)12(3-4-12)19-11-7(5-17)8(18)10(21-11)9(20)6-1-2-6/h6,19H,1-4,18H2. The first-order chi connectivity index (χ1) is 9.79.